The lowest BCUT2D eigenvalue weighted by Gasteiger charge is -2.03. The summed E-state index contributed by atoms with van der Waals surface area (Å²) in [5.74, 6) is 0.267. The number of carbonyl (C=O) groups is 1. The minimum absolute atomic E-state index is 0.246. The molecule has 1 N–H and O–H groups in total. The Morgan fingerprint density at radius 2 is 2.31 bits per heavy atom. The number of nitrogens with one attached hydrogen (secondary N) is 1. The van der Waals surface area contributed by atoms with Crippen LogP contribution in [0.15, 0.2) is 22.9 Å². The number of amides is 1. The molecule has 5 nitrogen and oxygen atoms in total. The number of hydrogen-bond acceptors (Lipinski definition) is 5. The fraction of sp³-hybridized carbons (Fsp3) is 0.111. The first-order chi connectivity index (χ1) is 7.66. The molecular formula is C9H7BrN4OS. The van der Waals surface area contributed by atoms with Crippen LogP contribution in [0.25, 0.3) is 0 Å². The fourth-order valence-corrected chi connectivity index (χ4v) is 1.68. The molecule has 0 bridgehead atoms. The highest BCUT2D eigenvalue weighted by atomic mass is 79.9. The molecule has 2 aromatic heterocycles. The van der Waals surface area contributed by atoms with Gasteiger partial charge in [-0.3, -0.25) is 4.79 Å². The summed E-state index contributed by atoms with van der Waals surface area (Å²) in [6.07, 6.45) is 3.07. The summed E-state index contributed by atoms with van der Waals surface area (Å²) in [7, 11) is 0. The first-order valence-electron chi connectivity index (χ1n) is 4.37. The maximum absolute atomic E-state index is 11.6. The van der Waals surface area contributed by atoms with Gasteiger partial charge >= 0.3 is 0 Å². The van der Waals surface area contributed by atoms with Crippen LogP contribution in [0.3, 0.4) is 0 Å². The minimum Gasteiger partial charge on any atom is -0.306 e. The Kier molecular flexibility index (Phi) is 3.25. The van der Waals surface area contributed by atoms with Crippen molar-refractivity contribution < 1.29 is 4.79 Å². The van der Waals surface area contributed by atoms with Crippen LogP contribution in [0.5, 0.6) is 0 Å². The molecular weight excluding hydrogens is 292 g/mol. The summed E-state index contributed by atoms with van der Waals surface area (Å²) in [6.45, 7) is 1.93. The maximum Gasteiger partial charge on any atom is 0.270 e. The zero-order valence-electron chi connectivity index (χ0n) is 8.27. The predicted molar refractivity (Wildman–Crippen MR) is 64.5 cm³/mol. The molecule has 2 aromatic rings. The van der Waals surface area contributed by atoms with E-state index in [2.05, 4.69) is 35.8 Å². The molecule has 0 saturated heterocycles. The average molecular weight is 299 g/mol. The number of halogens is 1. The quantitative estimate of drug-likeness (QED) is 0.923. The average Bonchev–Trinajstić information content (AvgIpc) is 2.77. The zero-order chi connectivity index (χ0) is 11.5. The van der Waals surface area contributed by atoms with Gasteiger partial charge in [-0.05, 0) is 46.0 Å². The van der Waals surface area contributed by atoms with E-state index in [1.54, 1.807) is 12.3 Å². The molecule has 0 radical (unpaired) electrons. The third-order valence-electron chi connectivity index (χ3n) is 1.87. The molecule has 0 fully saturated rings. The molecule has 2 rings (SSSR count). The highest BCUT2D eigenvalue weighted by molar-refractivity contribution is 9.10. The van der Waals surface area contributed by atoms with E-state index < -0.39 is 0 Å². The monoisotopic (exact) mass is 298 g/mol. The van der Waals surface area contributed by atoms with E-state index in [4.69, 9.17) is 0 Å². The van der Waals surface area contributed by atoms with Crippen molar-refractivity contribution in [2.45, 2.75) is 6.92 Å². The largest absolute Gasteiger partial charge is 0.306 e. The summed E-state index contributed by atoms with van der Waals surface area (Å²) in [5, 5.41) is 6.27. The second-order valence-corrected chi connectivity index (χ2v) is 4.69. The number of aromatic nitrogens is 3. The van der Waals surface area contributed by atoms with E-state index >= 15 is 0 Å². The topological polar surface area (TPSA) is 67.8 Å². The Balaban J connectivity index is 2.15. The number of carbonyl (C=O) groups excluding carboxylic acids is 1. The lowest BCUT2D eigenvalue weighted by Crippen LogP contribution is -2.11. The fourth-order valence-electron chi connectivity index (χ4n) is 1.05. The van der Waals surface area contributed by atoms with Crippen molar-refractivity contribution in [1.29, 1.82) is 0 Å². The summed E-state index contributed by atoms with van der Waals surface area (Å²) >= 11 is 4.39. The van der Waals surface area contributed by atoms with Crippen molar-refractivity contribution in [2.75, 3.05) is 5.32 Å². The van der Waals surface area contributed by atoms with Crippen molar-refractivity contribution in [1.82, 2.24) is 14.6 Å². The molecule has 1 amide bonds. The van der Waals surface area contributed by atoms with Crippen LogP contribution in [0.4, 0.5) is 5.82 Å². The Morgan fingerprint density at radius 1 is 1.50 bits per heavy atom. The number of anilines is 1. The molecule has 0 atom stereocenters. The normalized spacial score (nSPS) is 10.1. The van der Waals surface area contributed by atoms with Crippen molar-refractivity contribution >= 4 is 39.2 Å². The van der Waals surface area contributed by atoms with E-state index in [1.165, 1.54) is 6.20 Å². The minimum atomic E-state index is -0.246. The molecule has 7 heteroatoms. The summed E-state index contributed by atoms with van der Waals surface area (Å²) < 4.78 is 4.53. The van der Waals surface area contributed by atoms with Crippen molar-refractivity contribution in [2.24, 2.45) is 0 Å². The van der Waals surface area contributed by atoms with E-state index in [9.17, 15) is 4.79 Å². The highest BCUT2D eigenvalue weighted by Crippen LogP contribution is 2.17. The van der Waals surface area contributed by atoms with E-state index in [0.29, 0.717) is 10.7 Å². The van der Waals surface area contributed by atoms with Gasteiger partial charge in [0.15, 0.2) is 0 Å². The van der Waals surface area contributed by atoms with Gasteiger partial charge in [-0.25, -0.2) is 4.98 Å². The van der Waals surface area contributed by atoms with Crippen LogP contribution in [-0.4, -0.2) is 20.5 Å². The van der Waals surface area contributed by atoms with Crippen LogP contribution >= 0.6 is 27.5 Å². The van der Waals surface area contributed by atoms with Crippen molar-refractivity contribution in [3.05, 3.63) is 33.4 Å². The molecule has 2 heterocycles. The predicted octanol–water partition coefficient (Wildman–Crippen LogP) is 2.26. The van der Waals surface area contributed by atoms with Crippen LogP contribution < -0.4 is 5.32 Å². The second kappa shape index (κ2) is 4.67. The Morgan fingerprint density at radius 3 is 2.94 bits per heavy atom. The molecule has 0 spiro atoms. The van der Waals surface area contributed by atoms with E-state index in [-0.39, 0.29) is 5.91 Å². The van der Waals surface area contributed by atoms with Gasteiger partial charge < -0.3 is 5.32 Å². The number of aryl methyl sites for hydroxylation is 1. The number of pyridine rings is 1. The SMILES string of the molecule is Cc1cc(NC(=O)c2cnns2)ncc1Br. The van der Waals surface area contributed by atoms with Crippen molar-refractivity contribution in [3.8, 4) is 0 Å². The summed E-state index contributed by atoms with van der Waals surface area (Å²) in [5.41, 5.74) is 1.01. The van der Waals surface area contributed by atoms with Crippen LogP contribution in [0, 0.1) is 6.92 Å². The van der Waals surface area contributed by atoms with Crippen molar-refractivity contribution in [3.63, 3.8) is 0 Å². The summed E-state index contributed by atoms with van der Waals surface area (Å²) in [4.78, 5) is 16.2. The van der Waals surface area contributed by atoms with Gasteiger partial charge in [0, 0.05) is 10.7 Å². The van der Waals surface area contributed by atoms with Gasteiger partial charge in [0.1, 0.15) is 10.7 Å². The number of hydrogen-bond donors (Lipinski definition) is 1. The third-order valence-corrected chi connectivity index (χ3v) is 3.37. The van der Waals surface area contributed by atoms with Gasteiger partial charge in [0.25, 0.3) is 5.91 Å². The first kappa shape index (κ1) is 11.2. The first-order valence-corrected chi connectivity index (χ1v) is 5.94. The molecule has 82 valence electrons. The van der Waals surface area contributed by atoms with Crippen LogP contribution in [0.2, 0.25) is 0 Å². The standard InChI is InChI=1S/C9H7BrN4OS/c1-5-2-8(11-3-6(5)10)13-9(15)7-4-12-14-16-7/h2-4H,1H3,(H,11,13,15). The molecule has 0 aliphatic rings. The smallest absolute Gasteiger partial charge is 0.270 e. The number of nitrogens with zero attached hydrogens (tertiary/aromatic N) is 3. The molecule has 0 saturated carbocycles. The van der Waals surface area contributed by atoms with E-state index in [0.717, 1.165) is 21.6 Å². The van der Waals surface area contributed by atoms with Gasteiger partial charge in [-0.1, -0.05) is 4.49 Å². The summed E-state index contributed by atoms with van der Waals surface area (Å²) in [6, 6.07) is 1.79. The van der Waals surface area contributed by atoms with Gasteiger partial charge in [-0.2, -0.15) is 0 Å². The maximum atomic E-state index is 11.6. The second-order valence-electron chi connectivity index (χ2n) is 3.05. The highest BCUT2D eigenvalue weighted by Gasteiger charge is 2.09. The molecule has 0 aliphatic heterocycles. The lowest BCUT2D eigenvalue weighted by molar-refractivity contribution is 0.103. The Labute approximate surface area is 104 Å². The molecule has 0 unspecified atom stereocenters. The third kappa shape index (κ3) is 2.42. The zero-order valence-corrected chi connectivity index (χ0v) is 10.7. The number of rotatable bonds is 2. The lowest BCUT2D eigenvalue weighted by atomic mass is 10.3. The van der Waals surface area contributed by atoms with Gasteiger partial charge in [0.05, 0.1) is 6.20 Å². The Bertz CT molecular complexity index is 514. The van der Waals surface area contributed by atoms with Gasteiger partial charge in [0.2, 0.25) is 0 Å². The Hall–Kier alpha value is -1.34. The van der Waals surface area contributed by atoms with Crippen LogP contribution in [-0.2, 0) is 0 Å². The molecule has 0 aromatic carbocycles. The molecule has 16 heavy (non-hydrogen) atoms. The van der Waals surface area contributed by atoms with Crippen LogP contribution in [0.1, 0.15) is 15.2 Å². The van der Waals surface area contributed by atoms with Gasteiger partial charge in [-0.15, -0.1) is 5.10 Å². The van der Waals surface area contributed by atoms with E-state index in [1.807, 2.05) is 6.92 Å². The molecule has 0 aliphatic carbocycles.